The summed E-state index contributed by atoms with van der Waals surface area (Å²) in [5.74, 6) is 0.276. The van der Waals surface area contributed by atoms with E-state index in [0.29, 0.717) is 6.54 Å². The van der Waals surface area contributed by atoms with Crippen LogP contribution in [0.5, 0.6) is 0 Å². The van der Waals surface area contributed by atoms with Crippen LogP contribution in [0.25, 0.3) is 0 Å². The Kier molecular flexibility index (Phi) is 3.66. The highest BCUT2D eigenvalue weighted by atomic mass is 16.2. The Hall–Kier alpha value is -1.10. The first-order valence-electron chi connectivity index (χ1n) is 6.32. The molecular formula is C12H21N3O2. The summed E-state index contributed by atoms with van der Waals surface area (Å²) < 4.78 is 0. The lowest BCUT2D eigenvalue weighted by atomic mass is 10.1. The van der Waals surface area contributed by atoms with Crippen molar-refractivity contribution in [2.45, 2.75) is 25.3 Å². The lowest BCUT2D eigenvalue weighted by Gasteiger charge is -2.36. The maximum atomic E-state index is 12.1. The Labute approximate surface area is 102 Å². The molecule has 0 aliphatic carbocycles. The van der Waals surface area contributed by atoms with Crippen LogP contribution in [-0.4, -0.2) is 72.8 Å². The quantitative estimate of drug-likeness (QED) is 0.681. The monoisotopic (exact) mass is 239 g/mol. The van der Waals surface area contributed by atoms with E-state index in [1.807, 2.05) is 14.1 Å². The molecule has 0 saturated carbocycles. The maximum absolute atomic E-state index is 12.1. The summed E-state index contributed by atoms with van der Waals surface area (Å²) in [6.07, 6.45) is 2.74. The molecule has 0 spiro atoms. The predicted molar refractivity (Wildman–Crippen MR) is 64.5 cm³/mol. The van der Waals surface area contributed by atoms with E-state index in [2.05, 4.69) is 4.90 Å². The molecule has 2 rings (SSSR count). The van der Waals surface area contributed by atoms with Gasteiger partial charge in [0.15, 0.2) is 0 Å². The third kappa shape index (κ3) is 2.60. The van der Waals surface area contributed by atoms with E-state index in [0.717, 1.165) is 32.4 Å². The highest BCUT2D eigenvalue weighted by molar-refractivity contribution is 5.95. The Balaban J connectivity index is 1.90. The van der Waals surface area contributed by atoms with Crippen LogP contribution in [0.1, 0.15) is 19.3 Å². The molecule has 2 heterocycles. The van der Waals surface area contributed by atoms with E-state index in [-0.39, 0.29) is 24.4 Å². The molecule has 96 valence electrons. The zero-order chi connectivity index (χ0) is 12.4. The molecule has 1 unspecified atom stereocenters. The zero-order valence-corrected chi connectivity index (χ0v) is 10.7. The molecule has 0 N–H and O–H groups in total. The number of piperazine rings is 1. The van der Waals surface area contributed by atoms with Crippen LogP contribution in [-0.2, 0) is 9.59 Å². The average Bonchev–Trinajstić information content (AvgIpc) is 2.74. The molecule has 0 radical (unpaired) electrons. The number of carbonyl (C=O) groups is 2. The van der Waals surface area contributed by atoms with E-state index in [4.69, 9.17) is 0 Å². The van der Waals surface area contributed by atoms with Gasteiger partial charge in [-0.3, -0.25) is 9.59 Å². The molecule has 0 bridgehead atoms. The topological polar surface area (TPSA) is 43.9 Å². The van der Waals surface area contributed by atoms with Crippen molar-refractivity contribution in [2.24, 2.45) is 0 Å². The van der Waals surface area contributed by atoms with Crippen LogP contribution in [0.2, 0.25) is 0 Å². The molecule has 2 aliphatic heterocycles. The fraction of sp³-hybridized carbons (Fsp3) is 0.833. The van der Waals surface area contributed by atoms with Crippen LogP contribution >= 0.6 is 0 Å². The second-order valence-corrected chi connectivity index (χ2v) is 5.16. The van der Waals surface area contributed by atoms with Crippen molar-refractivity contribution in [3.05, 3.63) is 0 Å². The van der Waals surface area contributed by atoms with Crippen LogP contribution in [0.3, 0.4) is 0 Å². The molecular weight excluding hydrogens is 218 g/mol. The lowest BCUT2D eigenvalue weighted by molar-refractivity contribution is -0.153. The van der Waals surface area contributed by atoms with Gasteiger partial charge in [-0.1, -0.05) is 0 Å². The lowest BCUT2D eigenvalue weighted by Crippen LogP contribution is -2.57. The highest BCUT2D eigenvalue weighted by Crippen LogP contribution is 2.23. The molecule has 5 nitrogen and oxygen atoms in total. The third-order valence-electron chi connectivity index (χ3n) is 3.53. The molecule has 0 aromatic heterocycles. The van der Waals surface area contributed by atoms with Crippen LogP contribution < -0.4 is 0 Å². The van der Waals surface area contributed by atoms with E-state index >= 15 is 0 Å². The fourth-order valence-electron chi connectivity index (χ4n) is 2.63. The average molecular weight is 239 g/mol. The summed E-state index contributed by atoms with van der Waals surface area (Å²) in [7, 11) is 4.03. The van der Waals surface area contributed by atoms with Crippen LogP contribution in [0.4, 0.5) is 0 Å². The van der Waals surface area contributed by atoms with E-state index < -0.39 is 0 Å². The number of nitrogens with zero attached hydrogens (tertiary/aromatic N) is 3. The minimum absolute atomic E-state index is 0.122. The van der Waals surface area contributed by atoms with Crippen molar-refractivity contribution in [3.63, 3.8) is 0 Å². The summed E-state index contributed by atoms with van der Waals surface area (Å²) in [6.45, 7) is 2.70. The van der Waals surface area contributed by atoms with Gasteiger partial charge in [0, 0.05) is 13.1 Å². The molecule has 0 aromatic carbocycles. The number of amides is 2. The van der Waals surface area contributed by atoms with Gasteiger partial charge in [0.2, 0.25) is 11.8 Å². The van der Waals surface area contributed by atoms with Gasteiger partial charge < -0.3 is 14.7 Å². The van der Waals surface area contributed by atoms with Crippen molar-refractivity contribution >= 4 is 11.8 Å². The van der Waals surface area contributed by atoms with E-state index in [1.54, 1.807) is 9.80 Å². The van der Waals surface area contributed by atoms with Gasteiger partial charge in [-0.15, -0.1) is 0 Å². The van der Waals surface area contributed by atoms with E-state index in [9.17, 15) is 9.59 Å². The molecule has 1 atom stereocenters. The van der Waals surface area contributed by atoms with Gasteiger partial charge in [-0.05, 0) is 39.9 Å². The first-order chi connectivity index (χ1) is 8.09. The molecule has 5 heteroatoms. The summed E-state index contributed by atoms with van der Waals surface area (Å²) in [4.78, 5) is 29.6. The third-order valence-corrected chi connectivity index (χ3v) is 3.53. The molecule has 17 heavy (non-hydrogen) atoms. The van der Waals surface area contributed by atoms with Crippen LogP contribution in [0.15, 0.2) is 0 Å². The second-order valence-electron chi connectivity index (χ2n) is 5.16. The molecule has 2 fully saturated rings. The Morgan fingerprint density at radius 1 is 1.35 bits per heavy atom. The van der Waals surface area contributed by atoms with Crippen molar-refractivity contribution < 1.29 is 9.59 Å². The molecule has 0 aromatic rings. The largest absolute Gasteiger partial charge is 0.332 e. The fourth-order valence-corrected chi connectivity index (χ4v) is 2.63. The van der Waals surface area contributed by atoms with Crippen molar-refractivity contribution in [1.82, 2.24) is 14.7 Å². The number of fused-ring (bicyclic) bond motifs is 1. The van der Waals surface area contributed by atoms with Crippen molar-refractivity contribution in [3.8, 4) is 0 Å². The van der Waals surface area contributed by atoms with Gasteiger partial charge in [0.05, 0.1) is 6.54 Å². The van der Waals surface area contributed by atoms with Crippen LogP contribution in [0, 0.1) is 0 Å². The Morgan fingerprint density at radius 2 is 2.12 bits per heavy atom. The summed E-state index contributed by atoms with van der Waals surface area (Å²) in [6, 6.07) is -0.157. The summed E-state index contributed by atoms with van der Waals surface area (Å²) >= 11 is 0. The predicted octanol–water partition coefficient (Wildman–Crippen LogP) is -0.229. The van der Waals surface area contributed by atoms with Crippen molar-refractivity contribution in [1.29, 1.82) is 0 Å². The van der Waals surface area contributed by atoms with Gasteiger partial charge in [0.1, 0.15) is 6.04 Å². The van der Waals surface area contributed by atoms with Gasteiger partial charge in [-0.2, -0.15) is 0 Å². The number of hydrogen-bond donors (Lipinski definition) is 0. The molecule has 2 saturated heterocycles. The zero-order valence-electron chi connectivity index (χ0n) is 10.7. The minimum Gasteiger partial charge on any atom is -0.332 e. The normalized spacial score (nSPS) is 24.8. The molecule has 2 amide bonds. The first kappa shape index (κ1) is 12.4. The van der Waals surface area contributed by atoms with Gasteiger partial charge in [0.25, 0.3) is 0 Å². The standard InChI is InChI=1S/C12H21N3O2/c1-13(2)6-4-7-14-9-11(16)15-8-3-5-10(15)12(14)17/h10H,3-9H2,1-2H3. The summed E-state index contributed by atoms with van der Waals surface area (Å²) in [5.41, 5.74) is 0. The maximum Gasteiger partial charge on any atom is 0.245 e. The van der Waals surface area contributed by atoms with Crippen molar-refractivity contribution in [2.75, 3.05) is 40.3 Å². The Bertz CT molecular complexity index is 317. The number of hydrogen-bond acceptors (Lipinski definition) is 3. The SMILES string of the molecule is CN(C)CCCN1CC(=O)N2CCCC2C1=O. The van der Waals surface area contributed by atoms with E-state index in [1.165, 1.54) is 0 Å². The summed E-state index contributed by atoms with van der Waals surface area (Å²) in [5, 5.41) is 0. The number of carbonyl (C=O) groups excluding carboxylic acids is 2. The highest BCUT2D eigenvalue weighted by Gasteiger charge is 2.41. The minimum atomic E-state index is -0.157. The van der Waals surface area contributed by atoms with Gasteiger partial charge >= 0.3 is 0 Å². The van der Waals surface area contributed by atoms with Gasteiger partial charge in [-0.25, -0.2) is 0 Å². The first-order valence-corrected chi connectivity index (χ1v) is 6.32. The number of rotatable bonds is 4. The molecule has 2 aliphatic rings. The Morgan fingerprint density at radius 3 is 2.82 bits per heavy atom. The smallest absolute Gasteiger partial charge is 0.245 e. The second kappa shape index (κ2) is 5.04.